The van der Waals surface area contributed by atoms with Gasteiger partial charge >= 0.3 is 6.18 Å². The predicted molar refractivity (Wildman–Crippen MR) is 157 cm³/mol. The molecule has 16 heteroatoms. The molecule has 2 atom stereocenters. The lowest BCUT2D eigenvalue weighted by Gasteiger charge is -2.24. The third kappa shape index (κ3) is 6.60. The Labute approximate surface area is 255 Å². The summed E-state index contributed by atoms with van der Waals surface area (Å²) in [6, 6.07) is 4.64. The van der Waals surface area contributed by atoms with Crippen LogP contribution in [0.1, 0.15) is 48.3 Å². The first-order chi connectivity index (χ1) is 21.6. The summed E-state index contributed by atoms with van der Waals surface area (Å²) in [5.41, 5.74) is 0.475. The van der Waals surface area contributed by atoms with Gasteiger partial charge in [0.25, 0.3) is 12.4 Å². The van der Waals surface area contributed by atoms with Gasteiger partial charge in [-0.2, -0.15) is 18.3 Å². The SMILES string of the molecule is CCc1cc(Nc2nccn3c(-c4cn[nH]c4C(F)(F)F)cnc23)ccc1C(=O)NCCNC(=O)[C@@H]1C[C@](CC)(OC=O)CN1. The second-order valence-electron chi connectivity index (χ2n) is 10.6. The molecule has 2 amide bonds. The zero-order chi connectivity index (χ0) is 32.2. The van der Waals surface area contributed by atoms with Crippen LogP contribution >= 0.6 is 0 Å². The number of hydrogen-bond donors (Lipinski definition) is 5. The molecule has 1 fully saturated rings. The van der Waals surface area contributed by atoms with Crippen LogP contribution in [-0.4, -0.2) is 74.1 Å². The number of ether oxygens (including phenoxy) is 1. The third-order valence-corrected chi connectivity index (χ3v) is 7.84. The van der Waals surface area contributed by atoms with E-state index < -0.39 is 23.5 Å². The quantitative estimate of drug-likeness (QED) is 0.117. The van der Waals surface area contributed by atoms with Crippen molar-refractivity contribution in [2.45, 2.75) is 50.9 Å². The molecule has 0 unspecified atom stereocenters. The summed E-state index contributed by atoms with van der Waals surface area (Å²) in [4.78, 5) is 44.9. The van der Waals surface area contributed by atoms with E-state index in [0.717, 1.165) is 11.8 Å². The second-order valence-corrected chi connectivity index (χ2v) is 10.6. The number of H-pyrrole nitrogens is 1. The zero-order valence-electron chi connectivity index (χ0n) is 24.5. The molecular formula is C29H32F3N9O4. The van der Waals surface area contributed by atoms with Crippen LogP contribution in [0.15, 0.2) is 43.0 Å². The molecule has 5 N–H and O–H groups in total. The number of nitrogens with zero attached hydrogens (tertiary/aromatic N) is 4. The van der Waals surface area contributed by atoms with Crippen LogP contribution in [0.25, 0.3) is 16.9 Å². The molecule has 0 bridgehead atoms. The smallest absolute Gasteiger partial charge is 0.433 e. The van der Waals surface area contributed by atoms with Crippen molar-refractivity contribution in [1.29, 1.82) is 0 Å². The largest absolute Gasteiger partial charge is 0.460 e. The van der Waals surface area contributed by atoms with Crippen LogP contribution in [0.3, 0.4) is 0 Å². The monoisotopic (exact) mass is 627 g/mol. The highest BCUT2D eigenvalue weighted by Crippen LogP contribution is 2.36. The molecule has 1 saturated heterocycles. The third-order valence-electron chi connectivity index (χ3n) is 7.84. The number of anilines is 2. The van der Waals surface area contributed by atoms with Gasteiger partial charge in [-0.3, -0.25) is 23.9 Å². The number of carbonyl (C=O) groups excluding carboxylic acids is 3. The van der Waals surface area contributed by atoms with Crippen LogP contribution in [0.4, 0.5) is 24.7 Å². The molecule has 238 valence electrons. The number of benzene rings is 1. The van der Waals surface area contributed by atoms with E-state index in [0.29, 0.717) is 55.0 Å². The minimum atomic E-state index is -4.62. The van der Waals surface area contributed by atoms with Gasteiger partial charge in [0.2, 0.25) is 5.91 Å². The molecule has 1 aliphatic rings. The summed E-state index contributed by atoms with van der Waals surface area (Å²) in [5, 5.41) is 17.4. The number of nitrogens with one attached hydrogen (secondary N) is 5. The number of aromatic nitrogens is 5. The first kappa shape index (κ1) is 31.4. The molecule has 45 heavy (non-hydrogen) atoms. The molecule has 4 aromatic rings. The van der Waals surface area contributed by atoms with Gasteiger partial charge in [0.15, 0.2) is 11.5 Å². The average molecular weight is 628 g/mol. The lowest BCUT2D eigenvalue weighted by molar-refractivity contribution is -0.143. The number of hydrogen-bond acceptors (Lipinski definition) is 9. The minimum Gasteiger partial charge on any atom is -0.460 e. The Morgan fingerprint density at radius 2 is 1.98 bits per heavy atom. The van der Waals surface area contributed by atoms with Gasteiger partial charge in [-0.15, -0.1) is 0 Å². The molecule has 0 radical (unpaired) electrons. The summed E-state index contributed by atoms with van der Waals surface area (Å²) < 4.78 is 47.0. The van der Waals surface area contributed by atoms with Crippen molar-refractivity contribution in [2.75, 3.05) is 25.0 Å². The van der Waals surface area contributed by atoms with Gasteiger partial charge in [0.05, 0.1) is 29.7 Å². The van der Waals surface area contributed by atoms with Gasteiger partial charge in [-0.1, -0.05) is 13.8 Å². The van der Waals surface area contributed by atoms with E-state index in [9.17, 15) is 27.6 Å². The van der Waals surface area contributed by atoms with E-state index in [2.05, 4.69) is 36.3 Å². The first-order valence-corrected chi connectivity index (χ1v) is 14.3. The van der Waals surface area contributed by atoms with E-state index in [1.807, 2.05) is 18.9 Å². The Kier molecular flexibility index (Phi) is 9.04. The number of fused-ring (bicyclic) bond motifs is 1. The summed E-state index contributed by atoms with van der Waals surface area (Å²) in [7, 11) is 0. The number of amides is 2. The van der Waals surface area contributed by atoms with Gasteiger partial charge in [0, 0.05) is 49.7 Å². The van der Waals surface area contributed by atoms with Crippen molar-refractivity contribution in [3.8, 4) is 11.3 Å². The van der Waals surface area contributed by atoms with E-state index >= 15 is 0 Å². The Bertz CT molecular complexity index is 1700. The lowest BCUT2D eigenvalue weighted by atomic mass is 9.96. The zero-order valence-corrected chi connectivity index (χ0v) is 24.5. The van der Waals surface area contributed by atoms with Crippen LogP contribution in [0, 0.1) is 0 Å². The van der Waals surface area contributed by atoms with Crippen LogP contribution in [0.2, 0.25) is 0 Å². The van der Waals surface area contributed by atoms with Gasteiger partial charge in [-0.05, 0) is 36.6 Å². The van der Waals surface area contributed by atoms with Gasteiger partial charge < -0.3 is 26.0 Å². The van der Waals surface area contributed by atoms with E-state index in [1.165, 1.54) is 23.0 Å². The molecule has 1 aliphatic heterocycles. The molecule has 4 heterocycles. The molecule has 3 aromatic heterocycles. The Morgan fingerprint density at radius 1 is 1.18 bits per heavy atom. The fourth-order valence-electron chi connectivity index (χ4n) is 5.36. The molecule has 0 spiro atoms. The Morgan fingerprint density at radius 3 is 2.71 bits per heavy atom. The molecule has 1 aromatic carbocycles. The van der Waals surface area contributed by atoms with Crippen molar-refractivity contribution < 1.29 is 32.3 Å². The molecule has 5 rings (SSSR count). The van der Waals surface area contributed by atoms with E-state index in [-0.39, 0.29) is 36.2 Å². The lowest BCUT2D eigenvalue weighted by Crippen LogP contribution is -2.43. The van der Waals surface area contributed by atoms with Crippen LogP contribution < -0.4 is 21.3 Å². The number of carbonyl (C=O) groups is 3. The highest BCUT2D eigenvalue weighted by molar-refractivity contribution is 5.96. The van der Waals surface area contributed by atoms with Crippen LogP contribution in [0.5, 0.6) is 0 Å². The highest BCUT2D eigenvalue weighted by Gasteiger charge is 2.42. The van der Waals surface area contributed by atoms with Crippen molar-refractivity contribution >= 4 is 35.4 Å². The number of halogens is 3. The van der Waals surface area contributed by atoms with Crippen molar-refractivity contribution in [1.82, 2.24) is 40.5 Å². The highest BCUT2D eigenvalue weighted by atomic mass is 19.4. The number of rotatable bonds is 12. The number of imidazole rings is 1. The molecule has 13 nitrogen and oxygen atoms in total. The normalized spacial score (nSPS) is 18.1. The predicted octanol–water partition coefficient (Wildman–Crippen LogP) is 2.97. The van der Waals surface area contributed by atoms with E-state index in [1.54, 1.807) is 18.2 Å². The minimum absolute atomic E-state index is 0.145. The summed E-state index contributed by atoms with van der Waals surface area (Å²) in [6.07, 6.45) is 2.24. The van der Waals surface area contributed by atoms with Crippen molar-refractivity contribution in [3.63, 3.8) is 0 Å². The van der Waals surface area contributed by atoms with Crippen LogP contribution in [-0.2, 0) is 26.9 Å². The maximum absolute atomic E-state index is 13.4. The maximum Gasteiger partial charge on any atom is 0.433 e. The number of aryl methyl sites for hydroxylation is 1. The van der Waals surface area contributed by atoms with E-state index in [4.69, 9.17) is 4.74 Å². The number of alkyl halides is 3. The molecular weight excluding hydrogens is 595 g/mol. The summed E-state index contributed by atoms with van der Waals surface area (Å²) >= 11 is 0. The van der Waals surface area contributed by atoms with Gasteiger partial charge in [-0.25, -0.2) is 9.97 Å². The summed E-state index contributed by atoms with van der Waals surface area (Å²) in [6.45, 7) is 5.00. The fraction of sp³-hybridized carbons (Fsp3) is 0.379. The van der Waals surface area contributed by atoms with Gasteiger partial charge in [0.1, 0.15) is 11.3 Å². The average Bonchev–Trinajstić information content (AvgIpc) is 3.78. The molecule has 0 saturated carbocycles. The Hall–Kier alpha value is -4.99. The maximum atomic E-state index is 13.4. The standard InChI is InChI=1S/C29H32F3N9O4/c1-3-17-11-18(39-24-25-36-14-22(41(25)10-9-33-24)20-13-38-40-23(20)29(30,31)32)5-6-19(17)26(43)34-7-8-35-27(44)21-12-28(4-2,15-37-21)45-16-42/h5-6,9-11,13-14,16,21,37H,3-4,7-8,12,15H2,1-2H3,(H,33,39)(H,34,43)(H,35,44)(H,38,40)/t21-,28-/m0/s1. The first-order valence-electron chi connectivity index (χ1n) is 14.3. The fourth-order valence-corrected chi connectivity index (χ4v) is 5.36. The molecule has 0 aliphatic carbocycles. The second kappa shape index (κ2) is 12.9. The van der Waals surface area contributed by atoms with Crippen molar-refractivity contribution in [3.05, 3.63) is 59.8 Å². The Balaban J connectivity index is 1.21. The van der Waals surface area contributed by atoms with Crippen molar-refractivity contribution in [2.24, 2.45) is 0 Å². The topological polar surface area (TPSA) is 167 Å². The number of aromatic amines is 1. The summed E-state index contributed by atoms with van der Waals surface area (Å²) in [5.74, 6) is -0.242.